The number of rotatable bonds is 3. The lowest BCUT2D eigenvalue weighted by Gasteiger charge is -2.21. The van der Waals surface area contributed by atoms with Crippen LogP contribution in [0.15, 0.2) is 29.2 Å². The van der Waals surface area contributed by atoms with Crippen LogP contribution in [-0.4, -0.2) is 9.84 Å². The van der Waals surface area contributed by atoms with Crippen LogP contribution >= 0.6 is 46.6 Å². The molecule has 0 amide bonds. The quantitative estimate of drug-likeness (QED) is 0.550. The van der Waals surface area contributed by atoms with Gasteiger partial charge >= 0.3 is 9.84 Å². The summed E-state index contributed by atoms with van der Waals surface area (Å²) in [5, 5.41) is -3.53. The van der Waals surface area contributed by atoms with Crippen LogP contribution in [0.5, 0.6) is 0 Å². The van der Waals surface area contributed by atoms with Gasteiger partial charge in [0.2, 0.25) is 0 Å². The first kappa shape index (κ1) is 13.3. The molecule has 0 aliphatic rings. The molecule has 0 unspecified atom stereocenters. The standard InChI is InChI=1S/C8H4Cl3F3S/c9-5-1-3-6(4-2-5)15-8(13,14)7(10,11)12/h1-4H. The third-order valence-corrected chi connectivity index (χ3v) is 3.39. The summed E-state index contributed by atoms with van der Waals surface area (Å²) < 4.78 is 35.1. The zero-order valence-corrected chi connectivity index (χ0v) is 10.1. The van der Waals surface area contributed by atoms with Gasteiger partial charge in [0.05, 0.1) is 0 Å². The summed E-state index contributed by atoms with van der Waals surface area (Å²) in [7, 11) is 0. The summed E-state index contributed by atoms with van der Waals surface area (Å²) >= 11 is 14.9. The second kappa shape index (κ2) is 4.62. The van der Waals surface area contributed by atoms with E-state index in [2.05, 4.69) is 0 Å². The molecule has 0 bridgehead atoms. The maximum absolute atomic E-state index is 13.0. The smallest absolute Gasteiger partial charge is 0.200 e. The van der Waals surface area contributed by atoms with E-state index in [1.165, 1.54) is 24.3 Å². The molecule has 0 N–H and O–H groups in total. The SMILES string of the molecule is FC(Cl)(Cl)C(F)(F)Sc1ccc(Cl)cc1. The van der Waals surface area contributed by atoms with Gasteiger partial charge in [-0.25, -0.2) is 0 Å². The van der Waals surface area contributed by atoms with Crippen LogP contribution in [0.1, 0.15) is 0 Å². The van der Waals surface area contributed by atoms with Gasteiger partial charge < -0.3 is 0 Å². The van der Waals surface area contributed by atoms with Crippen molar-refractivity contribution in [1.82, 2.24) is 0 Å². The lowest BCUT2D eigenvalue weighted by molar-refractivity contribution is 0.0325. The third-order valence-electron chi connectivity index (χ3n) is 1.39. The Bertz CT molecular complexity index is 334. The van der Waals surface area contributed by atoms with E-state index in [-0.39, 0.29) is 16.7 Å². The molecule has 84 valence electrons. The molecule has 0 aliphatic carbocycles. The Kier molecular flexibility index (Phi) is 4.09. The van der Waals surface area contributed by atoms with Crippen LogP contribution in [0.3, 0.4) is 0 Å². The van der Waals surface area contributed by atoms with Crippen molar-refractivity contribution >= 4 is 46.6 Å². The van der Waals surface area contributed by atoms with Crippen molar-refractivity contribution in [2.45, 2.75) is 14.7 Å². The minimum absolute atomic E-state index is 0.0693. The third kappa shape index (κ3) is 3.63. The second-order valence-corrected chi connectivity index (χ2v) is 5.43. The van der Waals surface area contributed by atoms with Crippen molar-refractivity contribution in [2.75, 3.05) is 0 Å². The van der Waals surface area contributed by atoms with Crippen LogP contribution in [-0.2, 0) is 0 Å². The van der Waals surface area contributed by atoms with E-state index < -0.39 is 9.84 Å². The summed E-state index contributed by atoms with van der Waals surface area (Å²) in [6.07, 6.45) is 0. The van der Waals surface area contributed by atoms with Gasteiger partial charge in [-0.05, 0) is 36.0 Å². The average molecular weight is 296 g/mol. The number of alkyl halides is 5. The summed E-state index contributed by atoms with van der Waals surface area (Å²) in [4.78, 5) is 0.118. The first-order chi connectivity index (χ1) is 6.72. The Hall–Kier alpha value is 0.230. The Morgan fingerprint density at radius 1 is 1.00 bits per heavy atom. The molecular weight excluding hydrogens is 292 g/mol. The van der Waals surface area contributed by atoms with E-state index >= 15 is 0 Å². The molecule has 1 rings (SSSR count). The molecule has 0 fully saturated rings. The highest BCUT2D eigenvalue weighted by Gasteiger charge is 2.53. The van der Waals surface area contributed by atoms with Crippen LogP contribution < -0.4 is 0 Å². The molecule has 0 atom stereocenters. The van der Waals surface area contributed by atoms with Crippen molar-refractivity contribution in [3.05, 3.63) is 29.3 Å². The van der Waals surface area contributed by atoms with Crippen molar-refractivity contribution in [2.24, 2.45) is 0 Å². The fourth-order valence-electron chi connectivity index (χ4n) is 0.709. The van der Waals surface area contributed by atoms with Gasteiger partial charge in [-0.1, -0.05) is 34.8 Å². The number of benzene rings is 1. The van der Waals surface area contributed by atoms with Gasteiger partial charge in [-0.3, -0.25) is 0 Å². The first-order valence-electron chi connectivity index (χ1n) is 3.61. The summed E-state index contributed by atoms with van der Waals surface area (Å²) in [5.41, 5.74) is 0. The molecule has 0 aromatic heterocycles. The molecule has 0 nitrogen and oxygen atoms in total. The monoisotopic (exact) mass is 294 g/mol. The van der Waals surface area contributed by atoms with Gasteiger partial charge in [0.15, 0.2) is 0 Å². The summed E-state index contributed by atoms with van der Waals surface area (Å²) in [5.74, 6) is 0. The van der Waals surface area contributed by atoms with E-state index in [1.54, 1.807) is 0 Å². The number of hydrogen-bond acceptors (Lipinski definition) is 1. The molecule has 0 saturated heterocycles. The molecule has 1 aromatic carbocycles. The minimum Gasteiger partial charge on any atom is -0.200 e. The molecule has 0 spiro atoms. The van der Waals surface area contributed by atoms with E-state index in [4.69, 9.17) is 34.8 Å². The Balaban J connectivity index is 2.82. The fourth-order valence-corrected chi connectivity index (χ4v) is 1.75. The minimum atomic E-state index is -3.93. The largest absolute Gasteiger partial charge is 0.359 e. The molecule has 0 heterocycles. The average Bonchev–Trinajstić information content (AvgIpc) is 2.06. The van der Waals surface area contributed by atoms with Gasteiger partial charge in [0, 0.05) is 9.92 Å². The molecule has 7 heteroatoms. The highest BCUT2D eigenvalue weighted by atomic mass is 35.5. The lowest BCUT2D eigenvalue weighted by atomic mass is 10.4. The predicted molar refractivity (Wildman–Crippen MR) is 57.8 cm³/mol. The van der Waals surface area contributed by atoms with E-state index in [1.807, 2.05) is 0 Å². The maximum atomic E-state index is 13.0. The lowest BCUT2D eigenvalue weighted by Crippen LogP contribution is -2.30. The van der Waals surface area contributed by atoms with Crippen LogP contribution in [0, 0.1) is 0 Å². The van der Waals surface area contributed by atoms with Crippen molar-refractivity contribution < 1.29 is 13.2 Å². The van der Waals surface area contributed by atoms with Gasteiger partial charge in [-0.15, -0.1) is 0 Å². The molecule has 0 radical (unpaired) electrons. The molecular formula is C8H4Cl3F3S. The van der Waals surface area contributed by atoms with Crippen molar-refractivity contribution in [3.63, 3.8) is 0 Å². The number of hydrogen-bond donors (Lipinski definition) is 0. The summed E-state index contributed by atoms with van der Waals surface area (Å²) in [6.45, 7) is 0. The fraction of sp³-hybridized carbons (Fsp3) is 0.250. The molecule has 0 aliphatic heterocycles. The zero-order chi connectivity index (χ0) is 11.7. The number of halogens is 6. The topological polar surface area (TPSA) is 0 Å². The Morgan fingerprint density at radius 2 is 1.47 bits per heavy atom. The van der Waals surface area contributed by atoms with E-state index in [0.717, 1.165) is 0 Å². The van der Waals surface area contributed by atoms with Gasteiger partial charge in [0.25, 0.3) is 0 Å². The Labute approximate surface area is 104 Å². The summed E-state index contributed by atoms with van der Waals surface area (Å²) in [6, 6.07) is 5.45. The normalized spacial score (nSPS) is 12.9. The molecule has 0 saturated carbocycles. The van der Waals surface area contributed by atoms with Crippen LogP contribution in [0.2, 0.25) is 5.02 Å². The molecule has 1 aromatic rings. The predicted octanol–water partition coefficient (Wildman–Crippen LogP) is 5.13. The van der Waals surface area contributed by atoms with E-state index in [9.17, 15) is 13.2 Å². The van der Waals surface area contributed by atoms with Gasteiger partial charge in [-0.2, -0.15) is 13.2 Å². The molecule has 15 heavy (non-hydrogen) atoms. The highest BCUT2D eigenvalue weighted by molar-refractivity contribution is 8.00. The number of thioether (sulfide) groups is 1. The first-order valence-corrected chi connectivity index (χ1v) is 5.56. The van der Waals surface area contributed by atoms with Crippen molar-refractivity contribution in [1.29, 1.82) is 0 Å². The van der Waals surface area contributed by atoms with Crippen LogP contribution in [0.25, 0.3) is 0 Å². The van der Waals surface area contributed by atoms with Crippen molar-refractivity contribution in [3.8, 4) is 0 Å². The van der Waals surface area contributed by atoms with Gasteiger partial charge in [0.1, 0.15) is 0 Å². The Morgan fingerprint density at radius 3 is 1.87 bits per heavy atom. The highest BCUT2D eigenvalue weighted by Crippen LogP contribution is 2.50. The van der Waals surface area contributed by atoms with Crippen LogP contribution in [0.4, 0.5) is 13.2 Å². The zero-order valence-electron chi connectivity index (χ0n) is 6.99. The second-order valence-electron chi connectivity index (χ2n) is 2.57. The maximum Gasteiger partial charge on any atom is 0.359 e. The van der Waals surface area contributed by atoms with E-state index in [0.29, 0.717) is 5.02 Å².